The Hall–Kier alpha value is -0.780. The van der Waals surface area contributed by atoms with Gasteiger partial charge in [-0.05, 0) is 71.6 Å². The first-order valence-corrected chi connectivity index (χ1v) is 7.57. The molecule has 0 saturated carbocycles. The van der Waals surface area contributed by atoms with E-state index < -0.39 is 0 Å². The lowest BCUT2D eigenvalue weighted by molar-refractivity contribution is 0.473. The summed E-state index contributed by atoms with van der Waals surface area (Å²) in [6, 6.07) is 13.7. The summed E-state index contributed by atoms with van der Waals surface area (Å²) in [4.78, 5) is 0. The molecule has 0 aromatic heterocycles. The molecule has 0 aliphatic carbocycles. The van der Waals surface area contributed by atoms with E-state index in [9.17, 15) is 0 Å². The van der Waals surface area contributed by atoms with Crippen molar-refractivity contribution in [3.8, 4) is 11.5 Å². The molecule has 1 N–H and O–H groups in total. The zero-order valence-corrected chi connectivity index (χ0v) is 13.5. The van der Waals surface area contributed by atoms with Crippen LogP contribution in [0, 0.1) is 3.57 Å². The van der Waals surface area contributed by atoms with Gasteiger partial charge in [-0.25, -0.2) is 0 Å². The van der Waals surface area contributed by atoms with Crippen LogP contribution in [0.3, 0.4) is 0 Å². The van der Waals surface area contributed by atoms with Gasteiger partial charge in [-0.3, -0.25) is 0 Å². The summed E-state index contributed by atoms with van der Waals surface area (Å²) in [6.45, 7) is 3.73. The van der Waals surface area contributed by atoms with Crippen LogP contribution < -0.4 is 10.1 Å². The average Bonchev–Trinajstić information content (AvgIpc) is 2.41. The van der Waals surface area contributed by atoms with Crippen LogP contribution in [0.15, 0.2) is 42.5 Å². The van der Waals surface area contributed by atoms with Gasteiger partial charge >= 0.3 is 0 Å². The summed E-state index contributed by atoms with van der Waals surface area (Å²) in [7, 11) is 0. The molecule has 2 nitrogen and oxygen atoms in total. The molecule has 2 rings (SSSR count). The largest absolute Gasteiger partial charge is 0.457 e. The van der Waals surface area contributed by atoms with E-state index in [1.165, 1.54) is 3.57 Å². The Labute approximate surface area is 132 Å². The molecule has 19 heavy (non-hydrogen) atoms. The first-order valence-electron chi connectivity index (χ1n) is 6.11. The Kier molecular flexibility index (Phi) is 5.48. The van der Waals surface area contributed by atoms with Crippen molar-refractivity contribution in [1.82, 2.24) is 5.32 Å². The van der Waals surface area contributed by atoms with Crippen molar-refractivity contribution in [2.75, 3.05) is 6.54 Å². The summed E-state index contributed by atoms with van der Waals surface area (Å²) in [5.41, 5.74) is 1.06. The van der Waals surface area contributed by atoms with Gasteiger partial charge in [-0.2, -0.15) is 0 Å². The van der Waals surface area contributed by atoms with Gasteiger partial charge in [0.05, 0.1) is 0 Å². The lowest BCUT2D eigenvalue weighted by atomic mass is 10.2. The topological polar surface area (TPSA) is 21.3 Å². The van der Waals surface area contributed by atoms with Gasteiger partial charge in [0.15, 0.2) is 0 Å². The molecule has 0 heterocycles. The van der Waals surface area contributed by atoms with Crippen LogP contribution >= 0.6 is 34.2 Å². The maximum Gasteiger partial charge on any atom is 0.132 e. The zero-order valence-electron chi connectivity index (χ0n) is 10.6. The molecule has 0 saturated heterocycles. The molecule has 0 aliphatic rings. The standard InChI is InChI=1S/C15H15ClINO/c1-2-18-10-11-9-12(16)3-8-15(11)19-14-6-4-13(17)5-7-14/h3-9,18H,2,10H2,1H3. The highest BCUT2D eigenvalue weighted by Gasteiger charge is 2.06. The number of ether oxygens (including phenoxy) is 1. The molecule has 0 unspecified atom stereocenters. The third-order valence-corrected chi connectivity index (χ3v) is 3.58. The summed E-state index contributed by atoms with van der Waals surface area (Å²) >= 11 is 8.31. The van der Waals surface area contributed by atoms with Crippen molar-refractivity contribution in [2.24, 2.45) is 0 Å². The molecule has 0 radical (unpaired) electrons. The van der Waals surface area contributed by atoms with E-state index in [0.717, 1.165) is 35.2 Å². The average molecular weight is 388 g/mol. The zero-order chi connectivity index (χ0) is 13.7. The van der Waals surface area contributed by atoms with E-state index in [0.29, 0.717) is 0 Å². The maximum atomic E-state index is 6.04. The van der Waals surface area contributed by atoms with Crippen molar-refractivity contribution in [2.45, 2.75) is 13.5 Å². The molecule has 100 valence electrons. The van der Waals surface area contributed by atoms with Crippen LogP contribution in [-0.4, -0.2) is 6.54 Å². The molecule has 0 amide bonds. The highest BCUT2D eigenvalue weighted by Crippen LogP contribution is 2.28. The van der Waals surface area contributed by atoms with E-state index >= 15 is 0 Å². The fraction of sp³-hybridized carbons (Fsp3) is 0.200. The number of benzene rings is 2. The maximum absolute atomic E-state index is 6.04. The molecular formula is C15H15ClINO. The smallest absolute Gasteiger partial charge is 0.132 e. The molecule has 0 atom stereocenters. The van der Waals surface area contributed by atoms with E-state index in [1.54, 1.807) is 0 Å². The van der Waals surface area contributed by atoms with Crippen molar-refractivity contribution in [3.05, 3.63) is 56.6 Å². The number of halogens is 2. The van der Waals surface area contributed by atoms with Crippen LogP contribution in [0.4, 0.5) is 0 Å². The lowest BCUT2D eigenvalue weighted by Gasteiger charge is -2.12. The van der Waals surface area contributed by atoms with Crippen LogP contribution in [0.25, 0.3) is 0 Å². The lowest BCUT2D eigenvalue weighted by Crippen LogP contribution is -2.12. The molecule has 0 fully saturated rings. The summed E-state index contributed by atoms with van der Waals surface area (Å²) < 4.78 is 7.10. The van der Waals surface area contributed by atoms with Crippen molar-refractivity contribution < 1.29 is 4.74 Å². The first kappa shape index (κ1) is 14.6. The van der Waals surface area contributed by atoms with Crippen LogP contribution in [-0.2, 0) is 6.54 Å². The Bertz CT molecular complexity index is 542. The first-order chi connectivity index (χ1) is 9.19. The van der Waals surface area contributed by atoms with E-state index in [-0.39, 0.29) is 0 Å². The molecule has 0 spiro atoms. The second-order valence-electron chi connectivity index (χ2n) is 4.09. The van der Waals surface area contributed by atoms with Crippen LogP contribution in [0.5, 0.6) is 11.5 Å². The van der Waals surface area contributed by atoms with Gasteiger partial charge in [-0.1, -0.05) is 18.5 Å². The fourth-order valence-electron chi connectivity index (χ4n) is 1.68. The van der Waals surface area contributed by atoms with Gasteiger partial charge in [-0.15, -0.1) is 0 Å². The van der Waals surface area contributed by atoms with Gasteiger partial charge in [0.1, 0.15) is 11.5 Å². The van der Waals surface area contributed by atoms with Gasteiger partial charge < -0.3 is 10.1 Å². The number of hydrogen-bond donors (Lipinski definition) is 1. The van der Waals surface area contributed by atoms with Gasteiger partial charge in [0.25, 0.3) is 0 Å². The Balaban J connectivity index is 2.20. The minimum absolute atomic E-state index is 0.725. The minimum Gasteiger partial charge on any atom is -0.457 e. The fourth-order valence-corrected chi connectivity index (χ4v) is 2.23. The summed E-state index contributed by atoms with van der Waals surface area (Å²) in [6.07, 6.45) is 0. The second-order valence-corrected chi connectivity index (χ2v) is 5.77. The van der Waals surface area contributed by atoms with Gasteiger partial charge in [0, 0.05) is 20.7 Å². The number of nitrogens with one attached hydrogen (secondary N) is 1. The summed E-state index contributed by atoms with van der Waals surface area (Å²) in [5, 5.41) is 4.01. The number of hydrogen-bond acceptors (Lipinski definition) is 2. The molecule has 2 aromatic rings. The predicted octanol–water partition coefficient (Wildman–Crippen LogP) is 4.85. The van der Waals surface area contributed by atoms with E-state index in [4.69, 9.17) is 16.3 Å². The predicted molar refractivity (Wildman–Crippen MR) is 88.1 cm³/mol. The van der Waals surface area contributed by atoms with Crippen molar-refractivity contribution in [1.29, 1.82) is 0 Å². The summed E-state index contributed by atoms with van der Waals surface area (Å²) in [5.74, 6) is 1.67. The third-order valence-electron chi connectivity index (χ3n) is 2.63. The highest BCUT2D eigenvalue weighted by molar-refractivity contribution is 14.1. The second kappa shape index (κ2) is 7.12. The van der Waals surface area contributed by atoms with Crippen molar-refractivity contribution >= 4 is 34.2 Å². The number of rotatable bonds is 5. The molecule has 0 aliphatic heterocycles. The van der Waals surface area contributed by atoms with Crippen LogP contribution in [0.1, 0.15) is 12.5 Å². The normalized spacial score (nSPS) is 10.5. The Morgan fingerprint density at radius 2 is 1.89 bits per heavy atom. The van der Waals surface area contributed by atoms with E-state index in [2.05, 4.69) is 34.8 Å². The van der Waals surface area contributed by atoms with Gasteiger partial charge in [0.2, 0.25) is 0 Å². The molecule has 2 aromatic carbocycles. The minimum atomic E-state index is 0.725. The van der Waals surface area contributed by atoms with Crippen LogP contribution in [0.2, 0.25) is 5.02 Å². The Morgan fingerprint density at radius 3 is 2.58 bits per heavy atom. The molecule has 0 bridgehead atoms. The van der Waals surface area contributed by atoms with E-state index in [1.807, 2.05) is 42.5 Å². The van der Waals surface area contributed by atoms with Crippen molar-refractivity contribution in [3.63, 3.8) is 0 Å². The molecule has 4 heteroatoms. The Morgan fingerprint density at radius 1 is 1.16 bits per heavy atom. The SMILES string of the molecule is CCNCc1cc(Cl)ccc1Oc1ccc(I)cc1. The highest BCUT2D eigenvalue weighted by atomic mass is 127. The monoisotopic (exact) mass is 387 g/mol. The molecular weight excluding hydrogens is 373 g/mol. The third kappa shape index (κ3) is 4.37. The quantitative estimate of drug-likeness (QED) is 0.741.